The van der Waals surface area contributed by atoms with Gasteiger partial charge < -0.3 is 19.9 Å². The maximum absolute atomic E-state index is 13.2. The Kier molecular flexibility index (Phi) is 7.11. The molecule has 2 aliphatic heterocycles. The van der Waals surface area contributed by atoms with Gasteiger partial charge in [0, 0.05) is 44.7 Å². The third-order valence-corrected chi connectivity index (χ3v) is 6.35. The number of likely N-dealkylation sites (N-methyl/N-ethyl adjacent to an activating group) is 1. The van der Waals surface area contributed by atoms with E-state index in [0.717, 1.165) is 49.5 Å². The molecule has 0 unspecified atom stereocenters. The Morgan fingerprint density at radius 2 is 1.58 bits per heavy atom. The van der Waals surface area contributed by atoms with Crippen LogP contribution in [0.25, 0.3) is 5.57 Å². The standard InChI is InChI=1S/C26H32N4O3/c1-4-28-13-15-29(16-14-28)22-11-9-21(10-12-22)27-24-23(20-7-5-19(2)6-8-20)25(31)30(26(24)32)17-18-33-3/h5-12,27H,4,13-18H2,1-3H3. The fraction of sp³-hybridized carbons (Fsp3) is 0.385. The molecule has 1 saturated heterocycles. The molecule has 4 rings (SSSR count). The van der Waals surface area contributed by atoms with Crippen LogP contribution in [0.15, 0.2) is 54.2 Å². The SMILES string of the molecule is CCN1CCN(c2ccc(NC3=C(c4ccc(C)cc4)C(=O)N(CCOC)C3=O)cc2)CC1. The van der Waals surface area contributed by atoms with Crippen molar-refractivity contribution in [1.82, 2.24) is 9.80 Å². The molecule has 0 aromatic heterocycles. The van der Waals surface area contributed by atoms with Crippen LogP contribution >= 0.6 is 0 Å². The summed E-state index contributed by atoms with van der Waals surface area (Å²) < 4.78 is 5.10. The second-order valence-corrected chi connectivity index (χ2v) is 8.46. The molecule has 0 spiro atoms. The first kappa shape index (κ1) is 23.0. The smallest absolute Gasteiger partial charge is 0.278 e. The van der Waals surface area contributed by atoms with Crippen LogP contribution in [0.4, 0.5) is 11.4 Å². The van der Waals surface area contributed by atoms with Crippen LogP contribution < -0.4 is 10.2 Å². The van der Waals surface area contributed by atoms with E-state index in [1.54, 1.807) is 7.11 Å². The number of piperazine rings is 1. The van der Waals surface area contributed by atoms with Crippen molar-refractivity contribution < 1.29 is 14.3 Å². The lowest BCUT2D eigenvalue weighted by atomic mass is 10.0. The summed E-state index contributed by atoms with van der Waals surface area (Å²) >= 11 is 0. The molecule has 1 N–H and O–H groups in total. The highest BCUT2D eigenvalue weighted by atomic mass is 16.5. The number of ether oxygens (including phenoxy) is 1. The van der Waals surface area contributed by atoms with Gasteiger partial charge in [-0.3, -0.25) is 14.5 Å². The maximum Gasteiger partial charge on any atom is 0.278 e. The van der Waals surface area contributed by atoms with Crippen molar-refractivity contribution in [2.24, 2.45) is 0 Å². The van der Waals surface area contributed by atoms with E-state index in [9.17, 15) is 9.59 Å². The van der Waals surface area contributed by atoms with E-state index in [1.165, 1.54) is 10.6 Å². The highest BCUT2D eigenvalue weighted by Gasteiger charge is 2.38. The van der Waals surface area contributed by atoms with Crippen molar-refractivity contribution in [3.8, 4) is 0 Å². The molecule has 0 radical (unpaired) electrons. The van der Waals surface area contributed by atoms with Gasteiger partial charge in [-0.05, 0) is 43.3 Å². The Labute approximate surface area is 195 Å². The van der Waals surface area contributed by atoms with Crippen molar-refractivity contribution in [3.05, 3.63) is 65.4 Å². The summed E-state index contributed by atoms with van der Waals surface area (Å²) in [6.45, 7) is 9.94. The quantitative estimate of drug-likeness (QED) is 0.627. The van der Waals surface area contributed by atoms with Crippen LogP contribution in [0.3, 0.4) is 0 Å². The molecular formula is C26H32N4O3. The Bertz CT molecular complexity index is 1020. The fourth-order valence-corrected chi connectivity index (χ4v) is 4.29. The number of hydrogen-bond acceptors (Lipinski definition) is 6. The third kappa shape index (κ3) is 4.94. The molecule has 1 fully saturated rings. The largest absolute Gasteiger partial charge is 0.383 e. The van der Waals surface area contributed by atoms with Crippen molar-refractivity contribution in [1.29, 1.82) is 0 Å². The zero-order valence-electron chi connectivity index (χ0n) is 19.6. The van der Waals surface area contributed by atoms with Gasteiger partial charge in [0.15, 0.2) is 0 Å². The molecule has 2 heterocycles. The highest BCUT2D eigenvalue weighted by molar-refractivity contribution is 6.36. The lowest BCUT2D eigenvalue weighted by molar-refractivity contribution is -0.137. The van der Waals surface area contributed by atoms with Gasteiger partial charge in [-0.25, -0.2) is 0 Å². The monoisotopic (exact) mass is 448 g/mol. The summed E-state index contributed by atoms with van der Waals surface area (Å²) in [6, 6.07) is 15.7. The summed E-state index contributed by atoms with van der Waals surface area (Å²) in [4.78, 5) is 32.4. The molecule has 7 nitrogen and oxygen atoms in total. The normalized spacial score (nSPS) is 17.3. The summed E-state index contributed by atoms with van der Waals surface area (Å²) in [7, 11) is 1.56. The van der Waals surface area contributed by atoms with Gasteiger partial charge in [-0.2, -0.15) is 0 Å². The molecule has 2 aromatic carbocycles. The summed E-state index contributed by atoms with van der Waals surface area (Å²) in [5.41, 5.74) is 4.48. The molecule has 0 bridgehead atoms. The Balaban J connectivity index is 1.57. The van der Waals surface area contributed by atoms with E-state index in [0.29, 0.717) is 17.9 Å². The average molecular weight is 449 g/mol. The van der Waals surface area contributed by atoms with E-state index in [2.05, 4.69) is 34.2 Å². The molecule has 2 aliphatic rings. The summed E-state index contributed by atoms with van der Waals surface area (Å²) in [5, 5.41) is 3.24. The molecule has 2 aromatic rings. The minimum atomic E-state index is -0.326. The predicted molar refractivity (Wildman–Crippen MR) is 131 cm³/mol. The molecule has 7 heteroatoms. The van der Waals surface area contributed by atoms with E-state index >= 15 is 0 Å². The molecular weight excluding hydrogens is 416 g/mol. The highest BCUT2D eigenvalue weighted by Crippen LogP contribution is 2.31. The number of imide groups is 1. The summed E-state index contributed by atoms with van der Waals surface area (Å²) in [5.74, 6) is -0.624. The molecule has 0 aliphatic carbocycles. The number of hydrogen-bond donors (Lipinski definition) is 1. The van der Waals surface area contributed by atoms with Crippen LogP contribution in [0.5, 0.6) is 0 Å². The molecule has 2 amide bonds. The third-order valence-electron chi connectivity index (χ3n) is 6.35. The van der Waals surface area contributed by atoms with Gasteiger partial charge in [0.25, 0.3) is 11.8 Å². The Morgan fingerprint density at radius 1 is 0.909 bits per heavy atom. The van der Waals surface area contributed by atoms with Crippen LogP contribution in [0.1, 0.15) is 18.1 Å². The van der Waals surface area contributed by atoms with Gasteiger partial charge in [-0.15, -0.1) is 0 Å². The number of methoxy groups -OCH3 is 1. The average Bonchev–Trinajstić information content (AvgIpc) is 3.07. The van der Waals surface area contributed by atoms with Gasteiger partial charge in [0.05, 0.1) is 18.7 Å². The molecule has 0 saturated carbocycles. The molecule has 33 heavy (non-hydrogen) atoms. The van der Waals surface area contributed by atoms with Crippen LogP contribution in [0, 0.1) is 6.92 Å². The molecule has 174 valence electrons. The predicted octanol–water partition coefficient (Wildman–Crippen LogP) is 2.98. The minimum absolute atomic E-state index is 0.220. The number of nitrogens with one attached hydrogen (secondary N) is 1. The number of rotatable bonds is 8. The number of carbonyl (C=O) groups excluding carboxylic acids is 2. The fourth-order valence-electron chi connectivity index (χ4n) is 4.29. The lowest BCUT2D eigenvalue weighted by Crippen LogP contribution is -2.46. The topological polar surface area (TPSA) is 65.1 Å². The van der Waals surface area contributed by atoms with E-state index in [4.69, 9.17) is 4.74 Å². The number of amides is 2. The zero-order chi connectivity index (χ0) is 23.4. The second kappa shape index (κ2) is 10.2. The first-order chi connectivity index (χ1) is 16.0. The van der Waals surface area contributed by atoms with Gasteiger partial charge in [0.2, 0.25) is 0 Å². The number of carbonyl (C=O) groups is 2. The maximum atomic E-state index is 13.2. The van der Waals surface area contributed by atoms with Crippen LogP contribution in [0.2, 0.25) is 0 Å². The Morgan fingerprint density at radius 3 is 2.18 bits per heavy atom. The van der Waals surface area contributed by atoms with Crippen molar-refractivity contribution in [2.75, 3.05) is 63.2 Å². The summed E-state index contributed by atoms with van der Waals surface area (Å²) in [6.07, 6.45) is 0. The first-order valence-electron chi connectivity index (χ1n) is 11.5. The van der Waals surface area contributed by atoms with E-state index in [1.807, 2.05) is 43.3 Å². The van der Waals surface area contributed by atoms with Gasteiger partial charge in [-0.1, -0.05) is 36.8 Å². The second-order valence-electron chi connectivity index (χ2n) is 8.46. The minimum Gasteiger partial charge on any atom is -0.383 e. The number of anilines is 2. The first-order valence-corrected chi connectivity index (χ1v) is 11.5. The van der Waals surface area contributed by atoms with Crippen molar-refractivity contribution in [2.45, 2.75) is 13.8 Å². The lowest BCUT2D eigenvalue weighted by Gasteiger charge is -2.35. The van der Waals surface area contributed by atoms with Gasteiger partial charge in [0.1, 0.15) is 5.70 Å². The number of aryl methyl sites for hydroxylation is 1. The molecule has 0 atom stereocenters. The van der Waals surface area contributed by atoms with Crippen LogP contribution in [-0.4, -0.2) is 74.6 Å². The van der Waals surface area contributed by atoms with E-state index < -0.39 is 0 Å². The number of benzene rings is 2. The zero-order valence-corrected chi connectivity index (χ0v) is 19.6. The Hall–Kier alpha value is -3.16. The number of nitrogens with zero attached hydrogens (tertiary/aromatic N) is 3. The van der Waals surface area contributed by atoms with Crippen LogP contribution in [-0.2, 0) is 14.3 Å². The van der Waals surface area contributed by atoms with Gasteiger partial charge >= 0.3 is 0 Å². The van der Waals surface area contributed by atoms with E-state index in [-0.39, 0.29) is 18.4 Å². The van der Waals surface area contributed by atoms with Crippen molar-refractivity contribution in [3.63, 3.8) is 0 Å². The van der Waals surface area contributed by atoms with Crippen molar-refractivity contribution >= 4 is 28.8 Å².